The van der Waals surface area contributed by atoms with Gasteiger partial charge >= 0.3 is 0 Å². The summed E-state index contributed by atoms with van der Waals surface area (Å²) in [5, 5.41) is 5.22. The maximum absolute atomic E-state index is 6.24. The minimum atomic E-state index is 0.314. The fourth-order valence-electron chi connectivity index (χ4n) is 1.92. The molecule has 0 saturated heterocycles. The number of halogens is 1. The van der Waals surface area contributed by atoms with Crippen LogP contribution in [0.2, 0.25) is 5.02 Å². The minimum absolute atomic E-state index is 0.314. The molecule has 1 heterocycles. The van der Waals surface area contributed by atoms with Crippen molar-refractivity contribution in [3.05, 3.63) is 35.0 Å². The molecule has 15 heavy (non-hydrogen) atoms. The van der Waals surface area contributed by atoms with Crippen LogP contribution >= 0.6 is 11.6 Å². The number of benzene rings is 1. The summed E-state index contributed by atoms with van der Waals surface area (Å²) < 4.78 is 2.12. The second-order valence-corrected chi connectivity index (χ2v) is 4.25. The van der Waals surface area contributed by atoms with Crippen LogP contribution in [0.25, 0.3) is 10.9 Å². The maximum atomic E-state index is 6.24. The van der Waals surface area contributed by atoms with Crippen molar-refractivity contribution in [1.82, 2.24) is 9.88 Å². The topological polar surface area (TPSA) is 17.0 Å². The first-order chi connectivity index (χ1) is 7.15. The van der Waals surface area contributed by atoms with Crippen molar-refractivity contribution in [3.8, 4) is 0 Å². The first-order valence-electron chi connectivity index (χ1n) is 5.06. The fourth-order valence-corrected chi connectivity index (χ4v) is 2.20. The van der Waals surface area contributed by atoms with Gasteiger partial charge in [0.25, 0.3) is 0 Å². The number of fused-ring (bicyclic) bond motifs is 1. The SMILES string of the molecule is CNC(C)c1cn(C)c2cccc(Cl)c12. The average Bonchev–Trinajstić information content (AvgIpc) is 2.57. The van der Waals surface area contributed by atoms with Crippen LogP contribution in [0.15, 0.2) is 24.4 Å². The number of aromatic nitrogens is 1. The van der Waals surface area contributed by atoms with Crippen molar-refractivity contribution in [3.63, 3.8) is 0 Å². The highest BCUT2D eigenvalue weighted by molar-refractivity contribution is 6.35. The molecule has 2 aromatic rings. The molecule has 0 aliphatic heterocycles. The van der Waals surface area contributed by atoms with Crippen LogP contribution in [-0.4, -0.2) is 11.6 Å². The van der Waals surface area contributed by atoms with Gasteiger partial charge in [-0.25, -0.2) is 0 Å². The lowest BCUT2D eigenvalue weighted by Crippen LogP contribution is -2.11. The summed E-state index contributed by atoms with van der Waals surface area (Å²) in [6, 6.07) is 6.33. The van der Waals surface area contributed by atoms with Gasteiger partial charge in [-0.1, -0.05) is 17.7 Å². The van der Waals surface area contributed by atoms with Gasteiger partial charge in [-0.2, -0.15) is 0 Å². The molecule has 0 spiro atoms. The van der Waals surface area contributed by atoms with Gasteiger partial charge in [-0.15, -0.1) is 0 Å². The van der Waals surface area contributed by atoms with Crippen LogP contribution in [0, 0.1) is 0 Å². The van der Waals surface area contributed by atoms with E-state index in [1.807, 2.05) is 26.2 Å². The molecule has 3 heteroatoms. The van der Waals surface area contributed by atoms with Crippen molar-refractivity contribution in [2.75, 3.05) is 7.05 Å². The second kappa shape index (κ2) is 3.87. The monoisotopic (exact) mass is 222 g/mol. The van der Waals surface area contributed by atoms with Crippen LogP contribution in [-0.2, 0) is 7.05 Å². The Morgan fingerprint density at radius 3 is 2.80 bits per heavy atom. The zero-order chi connectivity index (χ0) is 11.0. The Morgan fingerprint density at radius 1 is 1.40 bits per heavy atom. The van der Waals surface area contributed by atoms with Gasteiger partial charge in [0.1, 0.15) is 0 Å². The van der Waals surface area contributed by atoms with E-state index in [1.54, 1.807) is 0 Å². The van der Waals surface area contributed by atoms with Crippen LogP contribution < -0.4 is 5.32 Å². The van der Waals surface area contributed by atoms with Gasteiger partial charge in [-0.3, -0.25) is 0 Å². The van der Waals surface area contributed by atoms with E-state index in [-0.39, 0.29) is 0 Å². The number of aryl methyl sites for hydroxylation is 1. The van der Waals surface area contributed by atoms with Gasteiger partial charge in [0.05, 0.1) is 5.02 Å². The van der Waals surface area contributed by atoms with Gasteiger partial charge in [-0.05, 0) is 31.7 Å². The minimum Gasteiger partial charge on any atom is -0.350 e. The largest absolute Gasteiger partial charge is 0.350 e. The normalized spacial score (nSPS) is 13.3. The van der Waals surface area contributed by atoms with Crippen LogP contribution in [0.5, 0.6) is 0 Å². The second-order valence-electron chi connectivity index (χ2n) is 3.84. The molecule has 0 radical (unpaired) electrons. The highest BCUT2D eigenvalue weighted by Crippen LogP contribution is 2.31. The Labute approximate surface area is 94.8 Å². The van der Waals surface area contributed by atoms with Gasteiger partial charge in [0, 0.05) is 30.2 Å². The van der Waals surface area contributed by atoms with E-state index in [0.717, 1.165) is 10.4 Å². The Kier molecular flexibility index (Phi) is 2.72. The first kappa shape index (κ1) is 10.5. The van der Waals surface area contributed by atoms with Crippen LogP contribution in [0.4, 0.5) is 0 Å². The molecule has 0 aliphatic carbocycles. The van der Waals surface area contributed by atoms with E-state index in [0.29, 0.717) is 6.04 Å². The lowest BCUT2D eigenvalue weighted by molar-refractivity contribution is 0.654. The fraction of sp³-hybridized carbons (Fsp3) is 0.333. The molecule has 0 saturated carbocycles. The summed E-state index contributed by atoms with van der Waals surface area (Å²) in [5.74, 6) is 0. The zero-order valence-electron chi connectivity index (χ0n) is 9.21. The van der Waals surface area contributed by atoms with E-state index < -0.39 is 0 Å². The molecule has 2 rings (SSSR count). The summed E-state index contributed by atoms with van der Waals surface area (Å²) in [6.45, 7) is 2.14. The van der Waals surface area contributed by atoms with Crippen molar-refractivity contribution in [2.45, 2.75) is 13.0 Å². The predicted molar refractivity (Wildman–Crippen MR) is 65.4 cm³/mol. The molecule has 0 fully saturated rings. The zero-order valence-corrected chi connectivity index (χ0v) is 9.97. The number of rotatable bonds is 2. The number of hydrogen-bond acceptors (Lipinski definition) is 1. The van der Waals surface area contributed by atoms with Crippen molar-refractivity contribution >= 4 is 22.5 Å². The summed E-state index contributed by atoms with van der Waals surface area (Å²) >= 11 is 6.24. The van der Waals surface area contributed by atoms with Gasteiger partial charge in [0.2, 0.25) is 0 Å². The van der Waals surface area contributed by atoms with Crippen molar-refractivity contribution in [2.24, 2.45) is 7.05 Å². The lowest BCUT2D eigenvalue weighted by Gasteiger charge is -2.08. The third kappa shape index (κ3) is 1.64. The number of nitrogens with one attached hydrogen (secondary N) is 1. The smallest absolute Gasteiger partial charge is 0.0503 e. The van der Waals surface area contributed by atoms with Gasteiger partial charge in [0.15, 0.2) is 0 Å². The third-order valence-electron chi connectivity index (χ3n) is 2.89. The average molecular weight is 223 g/mol. The Bertz CT molecular complexity index is 488. The quantitative estimate of drug-likeness (QED) is 0.826. The highest BCUT2D eigenvalue weighted by atomic mass is 35.5. The number of nitrogens with zero attached hydrogens (tertiary/aromatic N) is 1. The molecular formula is C12H15ClN2. The molecular weight excluding hydrogens is 208 g/mol. The van der Waals surface area contributed by atoms with E-state index in [2.05, 4.69) is 29.1 Å². The van der Waals surface area contributed by atoms with Crippen molar-refractivity contribution < 1.29 is 0 Å². The number of hydrogen-bond donors (Lipinski definition) is 1. The highest BCUT2D eigenvalue weighted by Gasteiger charge is 2.13. The molecule has 0 bridgehead atoms. The molecule has 1 N–H and O–H groups in total. The van der Waals surface area contributed by atoms with E-state index in [1.165, 1.54) is 11.1 Å². The molecule has 1 aromatic carbocycles. The van der Waals surface area contributed by atoms with E-state index >= 15 is 0 Å². The van der Waals surface area contributed by atoms with Crippen LogP contribution in [0.1, 0.15) is 18.5 Å². The molecule has 1 aromatic heterocycles. The molecule has 0 aliphatic rings. The van der Waals surface area contributed by atoms with Gasteiger partial charge < -0.3 is 9.88 Å². The van der Waals surface area contributed by atoms with Crippen LogP contribution in [0.3, 0.4) is 0 Å². The maximum Gasteiger partial charge on any atom is 0.0503 e. The Hall–Kier alpha value is -0.990. The standard InChI is InChI=1S/C12H15ClN2/c1-8(14-2)9-7-15(3)11-6-4-5-10(13)12(9)11/h4-8,14H,1-3H3. The molecule has 80 valence electrons. The summed E-state index contributed by atoms with van der Waals surface area (Å²) in [4.78, 5) is 0. The van der Waals surface area contributed by atoms with Crippen molar-refractivity contribution in [1.29, 1.82) is 0 Å². The Balaban J connectivity index is 2.75. The lowest BCUT2D eigenvalue weighted by atomic mass is 10.1. The molecule has 1 atom stereocenters. The summed E-state index contributed by atoms with van der Waals surface area (Å²) in [6.07, 6.45) is 2.14. The molecule has 0 amide bonds. The Morgan fingerprint density at radius 2 is 2.13 bits per heavy atom. The first-order valence-corrected chi connectivity index (χ1v) is 5.43. The summed E-state index contributed by atoms with van der Waals surface area (Å²) in [5.41, 5.74) is 2.43. The van der Waals surface area contributed by atoms with E-state index in [4.69, 9.17) is 11.6 Å². The third-order valence-corrected chi connectivity index (χ3v) is 3.21. The predicted octanol–water partition coefficient (Wildman–Crippen LogP) is 3.11. The molecule has 2 nitrogen and oxygen atoms in total. The summed E-state index contributed by atoms with van der Waals surface area (Å²) in [7, 11) is 4.00. The molecule has 1 unspecified atom stereocenters. The van der Waals surface area contributed by atoms with E-state index in [9.17, 15) is 0 Å².